The topological polar surface area (TPSA) is 55.8 Å². The van der Waals surface area contributed by atoms with Gasteiger partial charge in [0.15, 0.2) is 5.79 Å². The molecular weight excluding hydrogens is 349 g/mol. The fraction of sp³-hybridized carbons (Fsp3) is 0.571. The van der Waals surface area contributed by atoms with Crippen LogP contribution in [0.4, 0.5) is 0 Å². The normalized spacial score (nSPS) is 22.8. The quantitative estimate of drug-likeness (QED) is 0.808. The fourth-order valence-corrected chi connectivity index (χ4v) is 4.97. The summed E-state index contributed by atoms with van der Waals surface area (Å²) in [6.07, 6.45) is 1.94. The molecule has 8 heteroatoms. The number of sulfonamides is 1. The summed E-state index contributed by atoms with van der Waals surface area (Å²) < 4.78 is 38.3. The average Bonchev–Trinajstić information content (AvgIpc) is 2.47. The summed E-state index contributed by atoms with van der Waals surface area (Å²) in [6.45, 7) is 2.03. The molecule has 122 valence electrons. The summed E-state index contributed by atoms with van der Waals surface area (Å²) in [7, 11) is -3.61. The molecule has 0 radical (unpaired) electrons. The zero-order valence-corrected chi connectivity index (χ0v) is 14.3. The van der Waals surface area contributed by atoms with E-state index in [1.807, 2.05) is 0 Å². The first-order chi connectivity index (χ1) is 10.4. The Morgan fingerprint density at radius 1 is 1.00 bits per heavy atom. The van der Waals surface area contributed by atoms with Crippen molar-refractivity contribution in [1.29, 1.82) is 0 Å². The Morgan fingerprint density at radius 3 is 2.09 bits per heavy atom. The van der Waals surface area contributed by atoms with Gasteiger partial charge >= 0.3 is 0 Å². The molecule has 0 bridgehead atoms. The van der Waals surface area contributed by atoms with E-state index in [0.717, 1.165) is 6.42 Å². The lowest BCUT2D eigenvalue weighted by Gasteiger charge is -2.42. The summed E-state index contributed by atoms with van der Waals surface area (Å²) >= 11 is 11.8. The predicted molar refractivity (Wildman–Crippen MR) is 83.7 cm³/mol. The van der Waals surface area contributed by atoms with Crippen molar-refractivity contribution in [3.8, 4) is 0 Å². The van der Waals surface area contributed by atoms with E-state index in [4.69, 9.17) is 32.7 Å². The van der Waals surface area contributed by atoms with Crippen LogP contribution in [0.2, 0.25) is 10.0 Å². The molecule has 2 aliphatic rings. The second kappa shape index (κ2) is 6.26. The molecule has 0 aromatic heterocycles. The third-order valence-electron chi connectivity index (χ3n) is 3.98. The highest BCUT2D eigenvalue weighted by Crippen LogP contribution is 2.33. The molecule has 0 unspecified atom stereocenters. The summed E-state index contributed by atoms with van der Waals surface area (Å²) in [5.74, 6) is -0.615. The van der Waals surface area contributed by atoms with Crippen LogP contribution >= 0.6 is 23.2 Å². The first-order valence-electron chi connectivity index (χ1n) is 7.16. The molecule has 0 atom stereocenters. The zero-order chi connectivity index (χ0) is 15.8. The lowest BCUT2D eigenvalue weighted by Crippen LogP contribution is -2.51. The highest BCUT2D eigenvalue weighted by molar-refractivity contribution is 7.89. The Hall–Kier alpha value is -0.370. The van der Waals surface area contributed by atoms with Crippen LogP contribution in [0, 0.1) is 0 Å². The third-order valence-corrected chi connectivity index (χ3v) is 6.29. The smallest absolute Gasteiger partial charge is 0.243 e. The molecule has 3 rings (SSSR count). The van der Waals surface area contributed by atoms with Crippen LogP contribution in [0.15, 0.2) is 23.1 Å². The van der Waals surface area contributed by atoms with Gasteiger partial charge in [-0.2, -0.15) is 4.31 Å². The number of halogens is 2. The van der Waals surface area contributed by atoms with Gasteiger partial charge in [0.25, 0.3) is 0 Å². The minimum Gasteiger partial charge on any atom is -0.350 e. The molecule has 5 nitrogen and oxygen atoms in total. The monoisotopic (exact) mass is 365 g/mol. The van der Waals surface area contributed by atoms with Crippen molar-refractivity contribution in [2.45, 2.75) is 29.9 Å². The van der Waals surface area contributed by atoms with E-state index in [-0.39, 0.29) is 4.90 Å². The molecular formula is C14H17Cl2NO4S. The van der Waals surface area contributed by atoms with Crippen molar-refractivity contribution in [2.24, 2.45) is 0 Å². The van der Waals surface area contributed by atoms with E-state index >= 15 is 0 Å². The van der Waals surface area contributed by atoms with E-state index in [1.165, 1.54) is 22.5 Å². The van der Waals surface area contributed by atoms with E-state index in [2.05, 4.69) is 0 Å². The maximum Gasteiger partial charge on any atom is 0.243 e. The van der Waals surface area contributed by atoms with Gasteiger partial charge in [-0.15, -0.1) is 0 Å². The van der Waals surface area contributed by atoms with Crippen LogP contribution in [-0.4, -0.2) is 44.8 Å². The molecule has 22 heavy (non-hydrogen) atoms. The predicted octanol–water partition coefficient (Wildman–Crippen LogP) is 2.91. The van der Waals surface area contributed by atoms with Gasteiger partial charge in [0.1, 0.15) is 0 Å². The molecule has 0 N–H and O–H groups in total. The number of hydrogen-bond acceptors (Lipinski definition) is 4. The molecule has 1 aromatic carbocycles. The number of nitrogens with zero attached hydrogens (tertiary/aromatic N) is 1. The Kier molecular flexibility index (Phi) is 4.69. The van der Waals surface area contributed by atoms with Crippen LogP contribution < -0.4 is 0 Å². The Labute approximate surface area is 140 Å². The summed E-state index contributed by atoms with van der Waals surface area (Å²) in [5, 5.41) is 0.608. The van der Waals surface area contributed by atoms with Gasteiger partial charge in [0.2, 0.25) is 10.0 Å². The Morgan fingerprint density at radius 2 is 1.55 bits per heavy atom. The van der Waals surface area contributed by atoms with Crippen molar-refractivity contribution < 1.29 is 17.9 Å². The largest absolute Gasteiger partial charge is 0.350 e. The van der Waals surface area contributed by atoms with Crippen molar-refractivity contribution in [1.82, 2.24) is 4.31 Å². The van der Waals surface area contributed by atoms with E-state index < -0.39 is 15.8 Å². The maximum atomic E-state index is 12.7. The first-order valence-corrected chi connectivity index (χ1v) is 9.35. The molecule has 0 aliphatic carbocycles. The van der Waals surface area contributed by atoms with Crippen molar-refractivity contribution in [3.63, 3.8) is 0 Å². The lowest BCUT2D eigenvalue weighted by atomic mass is 10.0. The number of piperidine rings is 1. The SMILES string of the molecule is O=S(=O)(c1cc(Cl)cc(Cl)c1)N1CCC2(CC1)OCCCO2. The van der Waals surface area contributed by atoms with Crippen molar-refractivity contribution in [3.05, 3.63) is 28.2 Å². The van der Waals surface area contributed by atoms with Crippen LogP contribution in [0.1, 0.15) is 19.3 Å². The van der Waals surface area contributed by atoms with Crippen LogP contribution in [-0.2, 0) is 19.5 Å². The maximum absolute atomic E-state index is 12.7. The van der Waals surface area contributed by atoms with Gasteiger partial charge in [-0.05, 0) is 24.6 Å². The Bertz CT molecular complexity index is 629. The standard InChI is InChI=1S/C14H17Cl2NO4S/c15-11-8-12(16)10-13(9-11)22(18,19)17-4-2-14(3-5-17)20-6-1-7-21-14/h8-10H,1-7H2. The highest BCUT2D eigenvalue weighted by Gasteiger charge is 2.41. The number of hydrogen-bond donors (Lipinski definition) is 0. The molecule has 2 aliphatic heterocycles. The molecule has 1 aromatic rings. The molecule has 2 fully saturated rings. The lowest BCUT2D eigenvalue weighted by molar-refractivity contribution is -0.280. The molecule has 2 heterocycles. The minimum absolute atomic E-state index is 0.117. The molecule has 2 saturated heterocycles. The Balaban J connectivity index is 1.77. The van der Waals surface area contributed by atoms with Crippen molar-refractivity contribution >= 4 is 33.2 Å². The van der Waals surface area contributed by atoms with Gasteiger partial charge in [-0.1, -0.05) is 23.2 Å². The second-order valence-electron chi connectivity index (χ2n) is 5.47. The second-order valence-corrected chi connectivity index (χ2v) is 8.28. The number of ether oxygens (including phenoxy) is 2. The van der Waals surface area contributed by atoms with Crippen LogP contribution in [0.25, 0.3) is 0 Å². The van der Waals surface area contributed by atoms with Crippen LogP contribution in [0.3, 0.4) is 0 Å². The first kappa shape index (κ1) is 16.5. The van der Waals surface area contributed by atoms with Crippen molar-refractivity contribution in [2.75, 3.05) is 26.3 Å². The van der Waals surface area contributed by atoms with E-state index in [1.54, 1.807) is 0 Å². The van der Waals surface area contributed by atoms with Gasteiger partial charge in [-0.25, -0.2) is 8.42 Å². The molecule has 1 spiro atoms. The van der Waals surface area contributed by atoms with E-state index in [0.29, 0.717) is 49.2 Å². The fourth-order valence-electron chi connectivity index (χ4n) is 2.80. The van der Waals surface area contributed by atoms with Gasteiger partial charge in [0.05, 0.1) is 18.1 Å². The number of rotatable bonds is 2. The molecule has 0 saturated carbocycles. The van der Waals surface area contributed by atoms with Gasteiger partial charge < -0.3 is 9.47 Å². The highest BCUT2D eigenvalue weighted by atomic mass is 35.5. The average molecular weight is 366 g/mol. The van der Waals surface area contributed by atoms with Gasteiger partial charge in [0, 0.05) is 36.0 Å². The van der Waals surface area contributed by atoms with Crippen LogP contribution in [0.5, 0.6) is 0 Å². The molecule has 0 amide bonds. The van der Waals surface area contributed by atoms with E-state index in [9.17, 15) is 8.42 Å². The number of benzene rings is 1. The summed E-state index contributed by atoms with van der Waals surface area (Å²) in [4.78, 5) is 0.117. The van der Waals surface area contributed by atoms with Gasteiger partial charge in [-0.3, -0.25) is 0 Å². The zero-order valence-electron chi connectivity index (χ0n) is 11.9. The summed E-state index contributed by atoms with van der Waals surface area (Å²) in [6, 6.07) is 4.35. The minimum atomic E-state index is -3.61. The third kappa shape index (κ3) is 3.27. The summed E-state index contributed by atoms with van der Waals surface area (Å²) in [5.41, 5.74) is 0.